The van der Waals surface area contributed by atoms with Crippen molar-refractivity contribution in [2.24, 2.45) is 0 Å². The third kappa shape index (κ3) is 5.09. The van der Waals surface area contributed by atoms with Gasteiger partial charge in [-0.3, -0.25) is 4.79 Å². The van der Waals surface area contributed by atoms with E-state index in [2.05, 4.69) is 21.2 Å². The van der Waals surface area contributed by atoms with Crippen molar-refractivity contribution in [1.82, 2.24) is 5.32 Å². The molecule has 1 rings (SSSR count). The summed E-state index contributed by atoms with van der Waals surface area (Å²) in [6.07, 6.45) is 2.28. The fourth-order valence-electron chi connectivity index (χ4n) is 1.60. The second-order valence-electron chi connectivity index (χ2n) is 3.96. The summed E-state index contributed by atoms with van der Waals surface area (Å²) in [6, 6.07) is 7.94. The SMILES string of the molecule is CC(NC(=O)CCCCCl)c1ccccc1Br. The van der Waals surface area contributed by atoms with Gasteiger partial charge in [0.15, 0.2) is 0 Å². The molecular formula is C13H17BrClNO. The van der Waals surface area contributed by atoms with Crippen molar-refractivity contribution in [1.29, 1.82) is 0 Å². The zero-order valence-corrected chi connectivity index (χ0v) is 12.2. The predicted octanol–water partition coefficient (Wildman–Crippen LogP) is 4.04. The molecule has 0 saturated carbocycles. The Balaban J connectivity index is 2.46. The summed E-state index contributed by atoms with van der Waals surface area (Å²) in [7, 11) is 0. The summed E-state index contributed by atoms with van der Waals surface area (Å²) in [5.41, 5.74) is 1.10. The maximum atomic E-state index is 11.6. The van der Waals surface area contributed by atoms with Crippen molar-refractivity contribution in [3.05, 3.63) is 34.3 Å². The van der Waals surface area contributed by atoms with E-state index >= 15 is 0 Å². The van der Waals surface area contributed by atoms with E-state index in [0.717, 1.165) is 22.9 Å². The number of nitrogens with one attached hydrogen (secondary N) is 1. The molecule has 0 saturated heterocycles. The lowest BCUT2D eigenvalue weighted by Crippen LogP contribution is -2.26. The molecule has 94 valence electrons. The lowest BCUT2D eigenvalue weighted by Gasteiger charge is -2.15. The Morgan fingerprint density at radius 3 is 2.76 bits per heavy atom. The van der Waals surface area contributed by atoms with Crippen molar-refractivity contribution >= 4 is 33.4 Å². The largest absolute Gasteiger partial charge is 0.350 e. The molecule has 1 atom stereocenters. The molecular weight excluding hydrogens is 302 g/mol. The van der Waals surface area contributed by atoms with Gasteiger partial charge in [0.25, 0.3) is 0 Å². The van der Waals surface area contributed by atoms with Crippen molar-refractivity contribution in [2.75, 3.05) is 5.88 Å². The fourth-order valence-corrected chi connectivity index (χ4v) is 2.41. The number of carbonyl (C=O) groups is 1. The molecule has 1 amide bonds. The van der Waals surface area contributed by atoms with Gasteiger partial charge < -0.3 is 5.32 Å². The van der Waals surface area contributed by atoms with Crippen LogP contribution < -0.4 is 5.32 Å². The Labute approximate surface area is 116 Å². The molecule has 0 bridgehead atoms. The molecule has 0 aliphatic carbocycles. The van der Waals surface area contributed by atoms with Crippen LogP contribution in [0.4, 0.5) is 0 Å². The average Bonchev–Trinajstić information content (AvgIpc) is 2.29. The van der Waals surface area contributed by atoms with E-state index < -0.39 is 0 Å². The van der Waals surface area contributed by atoms with Gasteiger partial charge in [-0.1, -0.05) is 34.1 Å². The molecule has 17 heavy (non-hydrogen) atoms. The Morgan fingerprint density at radius 1 is 1.41 bits per heavy atom. The number of hydrogen-bond donors (Lipinski definition) is 1. The molecule has 1 aromatic carbocycles. The van der Waals surface area contributed by atoms with Crippen LogP contribution in [0.15, 0.2) is 28.7 Å². The highest BCUT2D eigenvalue weighted by Gasteiger charge is 2.11. The Morgan fingerprint density at radius 2 is 2.12 bits per heavy atom. The predicted molar refractivity (Wildman–Crippen MR) is 75.3 cm³/mol. The monoisotopic (exact) mass is 317 g/mol. The van der Waals surface area contributed by atoms with Gasteiger partial charge in [-0.05, 0) is 31.4 Å². The highest BCUT2D eigenvalue weighted by molar-refractivity contribution is 9.10. The topological polar surface area (TPSA) is 29.1 Å². The molecule has 1 N–H and O–H groups in total. The molecule has 1 unspecified atom stereocenters. The quantitative estimate of drug-likeness (QED) is 0.622. The van der Waals surface area contributed by atoms with Crippen molar-refractivity contribution in [3.63, 3.8) is 0 Å². The lowest BCUT2D eigenvalue weighted by atomic mass is 10.1. The van der Waals surface area contributed by atoms with Crippen molar-refractivity contribution in [2.45, 2.75) is 32.2 Å². The van der Waals surface area contributed by atoms with Gasteiger partial charge in [0.1, 0.15) is 0 Å². The van der Waals surface area contributed by atoms with Crippen LogP contribution in [0.1, 0.15) is 37.8 Å². The zero-order valence-electron chi connectivity index (χ0n) is 9.88. The first kappa shape index (κ1) is 14.5. The van der Waals surface area contributed by atoms with Crippen LogP contribution in [0.25, 0.3) is 0 Å². The first-order valence-corrected chi connectivity index (χ1v) is 7.07. The summed E-state index contributed by atoms with van der Waals surface area (Å²) in [6.45, 7) is 1.99. The first-order valence-electron chi connectivity index (χ1n) is 5.75. The fraction of sp³-hybridized carbons (Fsp3) is 0.462. The summed E-state index contributed by atoms with van der Waals surface area (Å²) in [4.78, 5) is 11.6. The van der Waals surface area contributed by atoms with Crippen LogP contribution in [0.3, 0.4) is 0 Å². The van der Waals surface area contributed by atoms with E-state index in [9.17, 15) is 4.79 Å². The third-order valence-electron chi connectivity index (χ3n) is 2.54. The molecule has 0 heterocycles. The van der Waals surface area contributed by atoms with Gasteiger partial charge in [-0.15, -0.1) is 11.6 Å². The molecule has 4 heteroatoms. The van der Waals surface area contributed by atoms with Crippen molar-refractivity contribution < 1.29 is 4.79 Å². The number of unbranched alkanes of at least 4 members (excludes halogenated alkanes) is 1. The molecule has 0 spiro atoms. The van der Waals surface area contributed by atoms with Crippen LogP contribution in [-0.2, 0) is 4.79 Å². The standard InChI is InChI=1S/C13H17BrClNO/c1-10(11-6-2-3-7-12(11)14)16-13(17)8-4-5-9-15/h2-3,6-7,10H,4-5,8-9H2,1H3,(H,16,17). The minimum Gasteiger partial charge on any atom is -0.350 e. The van der Waals surface area contributed by atoms with E-state index in [1.807, 2.05) is 31.2 Å². The summed E-state index contributed by atoms with van der Waals surface area (Å²) in [5, 5.41) is 2.98. The van der Waals surface area contributed by atoms with E-state index in [0.29, 0.717) is 12.3 Å². The van der Waals surface area contributed by atoms with Crippen LogP contribution in [0, 0.1) is 0 Å². The highest BCUT2D eigenvalue weighted by Crippen LogP contribution is 2.22. The van der Waals surface area contributed by atoms with Gasteiger partial charge in [-0.2, -0.15) is 0 Å². The Bertz CT molecular complexity index is 370. The number of benzene rings is 1. The van der Waals surface area contributed by atoms with Gasteiger partial charge in [0, 0.05) is 16.8 Å². The second kappa shape index (κ2) is 7.72. The van der Waals surface area contributed by atoms with E-state index in [1.54, 1.807) is 0 Å². The summed E-state index contributed by atoms with van der Waals surface area (Å²) in [5.74, 6) is 0.700. The molecule has 2 nitrogen and oxygen atoms in total. The van der Waals surface area contributed by atoms with E-state index in [4.69, 9.17) is 11.6 Å². The maximum absolute atomic E-state index is 11.6. The Kier molecular flexibility index (Phi) is 6.60. The molecule has 0 aliphatic heterocycles. The average molecular weight is 319 g/mol. The first-order chi connectivity index (χ1) is 8.15. The number of amides is 1. The number of hydrogen-bond acceptors (Lipinski definition) is 1. The van der Waals surface area contributed by atoms with E-state index in [1.165, 1.54) is 0 Å². The van der Waals surface area contributed by atoms with Crippen molar-refractivity contribution in [3.8, 4) is 0 Å². The number of alkyl halides is 1. The van der Waals surface area contributed by atoms with Crippen LogP contribution >= 0.6 is 27.5 Å². The summed E-state index contributed by atoms with van der Waals surface area (Å²) < 4.78 is 1.02. The zero-order chi connectivity index (χ0) is 12.7. The lowest BCUT2D eigenvalue weighted by molar-refractivity contribution is -0.121. The van der Waals surface area contributed by atoms with Crippen LogP contribution in [-0.4, -0.2) is 11.8 Å². The normalized spacial score (nSPS) is 12.2. The molecule has 1 aromatic rings. The van der Waals surface area contributed by atoms with Crippen LogP contribution in [0.5, 0.6) is 0 Å². The second-order valence-corrected chi connectivity index (χ2v) is 5.19. The molecule has 0 radical (unpaired) electrons. The molecule has 0 aliphatic rings. The van der Waals surface area contributed by atoms with Gasteiger partial charge in [0.2, 0.25) is 5.91 Å². The minimum atomic E-state index is 0.0223. The number of rotatable bonds is 6. The number of carbonyl (C=O) groups excluding carboxylic acids is 1. The molecule has 0 fully saturated rings. The highest BCUT2D eigenvalue weighted by atomic mass is 79.9. The van der Waals surface area contributed by atoms with Gasteiger partial charge in [-0.25, -0.2) is 0 Å². The maximum Gasteiger partial charge on any atom is 0.220 e. The van der Waals surface area contributed by atoms with Gasteiger partial charge in [0.05, 0.1) is 6.04 Å². The Hall–Kier alpha value is -0.540. The summed E-state index contributed by atoms with van der Waals surface area (Å²) >= 11 is 9.05. The van der Waals surface area contributed by atoms with E-state index in [-0.39, 0.29) is 11.9 Å². The smallest absolute Gasteiger partial charge is 0.220 e. The van der Waals surface area contributed by atoms with Crippen LogP contribution in [0.2, 0.25) is 0 Å². The number of halogens is 2. The molecule has 0 aromatic heterocycles. The minimum absolute atomic E-state index is 0.0223. The van der Waals surface area contributed by atoms with Gasteiger partial charge >= 0.3 is 0 Å². The third-order valence-corrected chi connectivity index (χ3v) is 3.53.